The number of carbonyl (C=O) groups is 1. The highest BCUT2D eigenvalue weighted by Crippen LogP contribution is 2.26. The zero-order chi connectivity index (χ0) is 14.4. The summed E-state index contributed by atoms with van der Waals surface area (Å²) >= 11 is 0. The average Bonchev–Trinajstić information content (AvgIpc) is 3.05. The van der Waals surface area contributed by atoms with Crippen molar-refractivity contribution in [1.29, 1.82) is 0 Å². The van der Waals surface area contributed by atoms with Crippen LogP contribution in [0.25, 0.3) is 11.5 Å². The Balaban J connectivity index is 2.23. The maximum absolute atomic E-state index is 11.6. The van der Waals surface area contributed by atoms with Crippen molar-refractivity contribution < 1.29 is 18.4 Å². The maximum Gasteiger partial charge on any atom is 0.312 e. The van der Waals surface area contributed by atoms with Crippen molar-refractivity contribution in [1.82, 2.24) is 4.98 Å². The van der Waals surface area contributed by atoms with Crippen molar-refractivity contribution in [3.8, 4) is 11.5 Å². The van der Waals surface area contributed by atoms with E-state index in [1.165, 1.54) is 0 Å². The number of ether oxygens (including phenoxy) is 1. The summed E-state index contributed by atoms with van der Waals surface area (Å²) in [6.45, 7) is 4.24. The lowest BCUT2D eigenvalue weighted by molar-refractivity contribution is -0.142. The van der Waals surface area contributed by atoms with Crippen LogP contribution in [0.5, 0.6) is 0 Å². The van der Waals surface area contributed by atoms with Gasteiger partial charge in [0.2, 0.25) is 0 Å². The van der Waals surface area contributed by atoms with Crippen LogP contribution in [0.15, 0.2) is 27.2 Å². The summed E-state index contributed by atoms with van der Waals surface area (Å²) in [5, 5.41) is 0. The number of hydrogen-bond acceptors (Lipinski definition) is 5. The molecule has 2 heterocycles. The third kappa shape index (κ3) is 3.50. The van der Waals surface area contributed by atoms with Crippen molar-refractivity contribution in [3.05, 3.63) is 30.0 Å². The van der Waals surface area contributed by atoms with Gasteiger partial charge in [-0.1, -0.05) is 13.3 Å². The summed E-state index contributed by atoms with van der Waals surface area (Å²) < 4.78 is 16.0. The van der Waals surface area contributed by atoms with E-state index in [4.69, 9.17) is 13.6 Å². The summed E-state index contributed by atoms with van der Waals surface area (Å²) in [5.41, 5.74) is 0.574. The zero-order valence-electron chi connectivity index (χ0n) is 11.8. The molecule has 108 valence electrons. The summed E-state index contributed by atoms with van der Waals surface area (Å²) in [6, 6.07) is 3.57. The lowest BCUT2D eigenvalue weighted by Gasteiger charge is -1.99. The number of unbranched alkanes of at least 4 members (excludes halogenated alkanes) is 1. The van der Waals surface area contributed by atoms with Crippen LogP contribution in [-0.2, 0) is 22.4 Å². The second kappa shape index (κ2) is 6.93. The van der Waals surface area contributed by atoms with Gasteiger partial charge < -0.3 is 13.6 Å². The van der Waals surface area contributed by atoms with Gasteiger partial charge in [-0.25, -0.2) is 4.98 Å². The molecule has 0 amide bonds. The smallest absolute Gasteiger partial charge is 0.312 e. The van der Waals surface area contributed by atoms with Gasteiger partial charge in [-0.2, -0.15) is 0 Å². The summed E-state index contributed by atoms with van der Waals surface area (Å²) in [7, 11) is 0. The van der Waals surface area contributed by atoms with E-state index in [0.29, 0.717) is 29.7 Å². The SMILES string of the molecule is CCCCc1nc(CC(=O)OCC)c(-c2ccco2)o1. The van der Waals surface area contributed by atoms with E-state index in [9.17, 15) is 4.79 Å². The summed E-state index contributed by atoms with van der Waals surface area (Å²) in [4.78, 5) is 16.0. The molecular formula is C15H19NO4. The molecule has 0 spiro atoms. The molecule has 0 aliphatic carbocycles. The van der Waals surface area contributed by atoms with E-state index >= 15 is 0 Å². The number of rotatable bonds is 7. The second-order valence-corrected chi connectivity index (χ2v) is 4.45. The van der Waals surface area contributed by atoms with E-state index in [0.717, 1.165) is 19.3 Å². The van der Waals surface area contributed by atoms with Crippen molar-refractivity contribution in [2.45, 2.75) is 39.5 Å². The Morgan fingerprint density at radius 1 is 1.40 bits per heavy atom. The average molecular weight is 277 g/mol. The van der Waals surface area contributed by atoms with Gasteiger partial charge in [0.1, 0.15) is 5.69 Å². The molecule has 0 aliphatic heterocycles. The molecule has 5 heteroatoms. The van der Waals surface area contributed by atoms with E-state index in [2.05, 4.69) is 11.9 Å². The van der Waals surface area contributed by atoms with E-state index in [1.807, 2.05) is 0 Å². The normalized spacial score (nSPS) is 10.7. The second-order valence-electron chi connectivity index (χ2n) is 4.45. The van der Waals surface area contributed by atoms with Gasteiger partial charge in [-0.15, -0.1) is 0 Å². The molecule has 5 nitrogen and oxygen atoms in total. The first-order valence-corrected chi connectivity index (χ1v) is 6.92. The van der Waals surface area contributed by atoms with E-state index in [-0.39, 0.29) is 12.4 Å². The van der Waals surface area contributed by atoms with Crippen LogP contribution in [0, 0.1) is 0 Å². The molecule has 2 aromatic rings. The zero-order valence-corrected chi connectivity index (χ0v) is 11.8. The maximum atomic E-state index is 11.6. The molecule has 0 aromatic carbocycles. The number of hydrogen-bond donors (Lipinski definition) is 0. The van der Waals surface area contributed by atoms with Crippen LogP contribution < -0.4 is 0 Å². The number of furan rings is 1. The van der Waals surface area contributed by atoms with Crippen LogP contribution in [0.4, 0.5) is 0 Å². The number of oxazole rings is 1. The Labute approximate surface area is 117 Å². The topological polar surface area (TPSA) is 65.5 Å². The van der Waals surface area contributed by atoms with Gasteiger partial charge in [0, 0.05) is 6.42 Å². The van der Waals surface area contributed by atoms with Gasteiger partial charge in [0.25, 0.3) is 0 Å². The molecule has 0 fully saturated rings. The molecule has 0 atom stereocenters. The third-order valence-electron chi connectivity index (χ3n) is 2.85. The first-order chi connectivity index (χ1) is 9.74. The molecule has 0 aliphatic rings. The quantitative estimate of drug-likeness (QED) is 0.726. The van der Waals surface area contributed by atoms with E-state index in [1.54, 1.807) is 25.3 Å². The number of carbonyl (C=O) groups excluding carboxylic acids is 1. The fourth-order valence-corrected chi connectivity index (χ4v) is 1.90. The standard InChI is InChI=1S/C15H19NO4/c1-3-5-8-13-16-11(10-14(17)18-4-2)15(20-13)12-7-6-9-19-12/h6-7,9H,3-5,8,10H2,1-2H3. The number of aryl methyl sites for hydroxylation is 1. The van der Waals surface area contributed by atoms with Crippen LogP contribution in [-0.4, -0.2) is 17.6 Å². The lowest BCUT2D eigenvalue weighted by Crippen LogP contribution is -2.08. The third-order valence-corrected chi connectivity index (χ3v) is 2.85. The van der Waals surface area contributed by atoms with Gasteiger partial charge >= 0.3 is 5.97 Å². The fraction of sp³-hybridized carbons (Fsp3) is 0.467. The summed E-state index contributed by atoms with van der Waals surface area (Å²) in [5.74, 6) is 1.43. The molecule has 0 saturated carbocycles. The minimum atomic E-state index is -0.310. The Kier molecular flexibility index (Phi) is 4.98. The highest BCUT2D eigenvalue weighted by Gasteiger charge is 2.20. The van der Waals surface area contributed by atoms with Crippen LogP contribution in [0.3, 0.4) is 0 Å². The van der Waals surface area contributed by atoms with E-state index < -0.39 is 0 Å². The van der Waals surface area contributed by atoms with Gasteiger partial charge in [0.15, 0.2) is 17.4 Å². The van der Waals surface area contributed by atoms with Crippen molar-refractivity contribution in [3.63, 3.8) is 0 Å². The molecule has 20 heavy (non-hydrogen) atoms. The molecule has 0 bridgehead atoms. The lowest BCUT2D eigenvalue weighted by atomic mass is 10.2. The monoisotopic (exact) mass is 277 g/mol. The highest BCUT2D eigenvalue weighted by atomic mass is 16.5. The molecule has 0 saturated heterocycles. The molecule has 0 radical (unpaired) electrons. The Bertz CT molecular complexity index is 542. The fourth-order valence-electron chi connectivity index (χ4n) is 1.90. The van der Waals surface area contributed by atoms with Gasteiger partial charge in [-0.05, 0) is 25.5 Å². The summed E-state index contributed by atoms with van der Waals surface area (Å²) in [6.07, 6.45) is 4.48. The Hall–Kier alpha value is -2.04. The van der Waals surface area contributed by atoms with Gasteiger partial charge in [0.05, 0.1) is 19.3 Å². The van der Waals surface area contributed by atoms with Crippen molar-refractivity contribution in [2.75, 3.05) is 6.61 Å². The molecule has 0 N–H and O–H groups in total. The minimum absolute atomic E-state index is 0.0967. The first-order valence-electron chi connectivity index (χ1n) is 6.92. The Morgan fingerprint density at radius 3 is 2.90 bits per heavy atom. The largest absolute Gasteiger partial charge is 0.466 e. The van der Waals surface area contributed by atoms with Crippen LogP contribution in [0.2, 0.25) is 0 Å². The Morgan fingerprint density at radius 2 is 2.25 bits per heavy atom. The van der Waals surface area contributed by atoms with Crippen LogP contribution in [0.1, 0.15) is 38.3 Å². The highest BCUT2D eigenvalue weighted by molar-refractivity contribution is 5.74. The van der Waals surface area contributed by atoms with Crippen LogP contribution >= 0.6 is 0 Å². The molecule has 2 aromatic heterocycles. The molecule has 0 unspecified atom stereocenters. The number of aromatic nitrogens is 1. The predicted octanol–water partition coefficient (Wildman–Crippen LogP) is 3.38. The number of esters is 1. The van der Waals surface area contributed by atoms with Crippen molar-refractivity contribution >= 4 is 5.97 Å². The number of nitrogens with zero attached hydrogens (tertiary/aromatic N) is 1. The molecular weight excluding hydrogens is 258 g/mol. The predicted molar refractivity (Wildman–Crippen MR) is 73.2 cm³/mol. The first kappa shape index (κ1) is 14.4. The minimum Gasteiger partial charge on any atom is -0.466 e. The molecule has 2 rings (SSSR count). The van der Waals surface area contributed by atoms with Crippen molar-refractivity contribution in [2.24, 2.45) is 0 Å². The van der Waals surface area contributed by atoms with Gasteiger partial charge in [-0.3, -0.25) is 4.79 Å².